The van der Waals surface area contributed by atoms with Gasteiger partial charge in [-0.05, 0) is 36.0 Å². The number of nitrogens with one attached hydrogen (secondary N) is 1. The fourth-order valence-corrected chi connectivity index (χ4v) is 2.62. The van der Waals surface area contributed by atoms with Gasteiger partial charge in [0.15, 0.2) is 11.5 Å². The smallest absolute Gasteiger partial charge is 0.178 e. The zero-order valence-electron chi connectivity index (χ0n) is 10.4. The van der Waals surface area contributed by atoms with Gasteiger partial charge in [-0.3, -0.25) is 0 Å². The van der Waals surface area contributed by atoms with Crippen molar-refractivity contribution in [3.8, 4) is 10.7 Å². The van der Waals surface area contributed by atoms with Crippen molar-refractivity contribution >= 4 is 22.7 Å². The summed E-state index contributed by atoms with van der Waals surface area (Å²) < 4.78 is 4.02. The molecule has 3 rings (SSSR count). The molecule has 6 heteroatoms. The van der Waals surface area contributed by atoms with Gasteiger partial charge in [0.05, 0.1) is 11.2 Å². The van der Waals surface area contributed by atoms with E-state index in [2.05, 4.69) is 38.4 Å². The van der Waals surface area contributed by atoms with E-state index in [0.717, 1.165) is 33.1 Å². The summed E-state index contributed by atoms with van der Waals surface area (Å²) in [5.74, 6) is 1.14. The quantitative estimate of drug-likeness (QED) is 0.768. The molecule has 0 aliphatic heterocycles. The van der Waals surface area contributed by atoms with Gasteiger partial charge in [0, 0.05) is 6.20 Å². The van der Waals surface area contributed by atoms with Crippen LogP contribution in [0.1, 0.15) is 31.0 Å². The molecule has 0 spiro atoms. The third-order valence-corrected chi connectivity index (χ3v) is 3.50. The Morgan fingerprint density at radius 3 is 2.94 bits per heavy atom. The van der Waals surface area contributed by atoms with Gasteiger partial charge in [-0.25, -0.2) is 9.97 Å². The summed E-state index contributed by atoms with van der Waals surface area (Å²) in [6, 6.07) is 2.04. The topological polar surface area (TPSA) is 67.3 Å². The van der Waals surface area contributed by atoms with Crippen molar-refractivity contribution in [3.05, 3.63) is 23.5 Å². The molecule has 3 heterocycles. The van der Waals surface area contributed by atoms with E-state index < -0.39 is 0 Å². The molecule has 3 aromatic rings. The number of pyridine rings is 1. The van der Waals surface area contributed by atoms with Crippen LogP contribution in [0.3, 0.4) is 0 Å². The first-order valence-corrected chi connectivity index (χ1v) is 6.57. The second-order valence-corrected chi connectivity index (χ2v) is 5.37. The molecule has 0 saturated heterocycles. The van der Waals surface area contributed by atoms with E-state index in [0.29, 0.717) is 5.92 Å². The van der Waals surface area contributed by atoms with Crippen LogP contribution in [-0.4, -0.2) is 24.5 Å². The summed E-state index contributed by atoms with van der Waals surface area (Å²) >= 11 is 1.37. The second-order valence-electron chi connectivity index (χ2n) is 4.61. The minimum Gasteiger partial charge on any atom is -0.336 e. The van der Waals surface area contributed by atoms with Gasteiger partial charge in [-0.15, -0.1) is 5.10 Å². The maximum atomic E-state index is 4.50. The van der Waals surface area contributed by atoms with Crippen molar-refractivity contribution in [2.24, 2.45) is 0 Å². The van der Waals surface area contributed by atoms with Crippen molar-refractivity contribution in [2.75, 3.05) is 0 Å². The van der Waals surface area contributed by atoms with Crippen LogP contribution in [0.2, 0.25) is 0 Å². The zero-order chi connectivity index (χ0) is 12.7. The van der Waals surface area contributed by atoms with Gasteiger partial charge in [-0.2, -0.15) is 0 Å². The molecule has 0 aliphatic carbocycles. The number of aromatic amines is 1. The van der Waals surface area contributed by atoms with Crippen molar-refractivity contribution in [2.45, 2.75) is 26.7 Å². The van der Waals surface area contributed by atoms with Crippen molar-refractivity contribution in [3.63, 3.8) is 0 Å². The van der Waals surface area contributed by atoms with Gasteiger partial charge in [0.1, 0.15) is 4.88 Å². The minimum absolute atomic E-state index is 0.335. The number of fused-ring (bicyclic) bond motifs is 1. The van der Waals surface area contributed by atoms with E-state index in [1.807, 2.05) is 19.2 Å². The molecule has 0 fully saturated rings. The lowest BCUT2D eigenvalue weighted by Crippen LogP contribution is -1.91. The molecule has 3 aromatic heterocycles. The van der Waals surface area contributed by atoms with Crippen LogP contribution < -0.4 is 0 Å². The molecule has 0 aromatic carbocycles. The van der Waals surface area contributed by atoms with Crippen LogP contribution in [0.4, 0.5) is 0 Å². The number of aromatic nitrogens is 5. The lowest BCUT2D eigenvalue weighted by atomic mass is 10.1. The molecule has 92 valence electrons. The molecular weight excluding hydrogens is 246 g/mol. The summed E-state index contributed by atoms with van der Waals surface area (Å²) in [7, 11) is 0. The Labute approximate surface area is 108 Å². The first-order chi connectivity index (χ1) is 8.65. The van der Waals surface area contributed by atoms with E-state index in [1.165, 1.54) is 11.5 Å². The van der Waals surface area contributed by atoms with Gasteiger partial charge < -0.3 is 4.98 Å². The van der Waals surface area contributed by atoms with Crippen molar-refractivity contribution in [1.82, 2.24) is 24.5 Å². The fourth-order valence-electron chi connectivity index (χ4n) is 1.85. The van der Waals surface area contributed by atoms with Crippen LogP contribution in [0, 0.1) is 6.92 Å². The van der Waals surface area contributed by atoms with E-state index in [-0.39, 0.29) is 0 Å². The Balaban J connectivity index is 2.16. The number of rotatable bonds is 2. The highest BCUT2D eigenvalue weighted by Gasteiger charge is 2.17. The summed E-state index contributed by atoms with van der Waals surface area (Å²) in [4.78, 5) is 13.1. The Bertz CT molecular complexity index is 697. The molecule has 1 N–H and O–H groups in total. The van der Waals surface area contributed by atoms with Gasteiger partial charge in [0.25, 0.3) is 0 Å². The molecule has 0 saturated carbocycles. The Morgan fingerprint density at radius 2 is 2.17 bits per heavy atom. The monoisotopic (exact) mass is 259 g/mol. The molecule has 0 unspecified atom stereocenters. The average Bonchev–Trinajstić information content (AvgIpc) is 2.93. The van der Waals surface area contributed by atoms with Crippen LogP contribution in [0.25, 0.3) is 21.9 Å². The maximum absolute atomic E-state index is 4.50. The van der Waals surface area contributed by atoms with E-state index in [4.69, 9.17) is 0 Å². The van der Waals surface area contributed by atoms with Gasteiger partial charge >= 0.3 is 0 Å². The third-order valence-electron chi connectivity index (χ3n) is 2.75. The van der Waals surface area contributed by atoms with Gasteiger partial charge in [-0.1, -0.05) is 18.3 Å². The first-order valence-electron chi connectivity index (χ1n) is 5.80. The van der Waals surface area contributed by atoms with E-state index in [9.17, 15) is 0 Å². The molecule has 0 aliphatic rings. The lowest BCUT2D eigenvalue weighted by Gasteiger charge is -2.00. The van der Waals surface area contributed by atoms with Crippen LogP contribution in [0.15, 0.2) is 12.3 Å². The van der Waals surface area contributed by atoms with Crippen LogP contribution in [-0.2, 0) is 0 Å². The standard InChI is InChI=1S/C12H13N5S/c1-6(2)9-10(18-17-16-9)12-14-8-4-7(3)5-13-11(8)15-12/h4-6H,1-3H3,(H,13,14,15). The molecule has 5 nitrogen and oxygen atoms in total. The van der Waals surface area contributed by atoms with Gasteiger partial charge in [0.2, 0.25) is 0 Å². The summed E-state index contributed by atoms with van der Waals surface area (Å²) in [5, 5.41) is 4.17. The molecule has 0 amide bonds. The Morgan fingerprint density at radius 1 is 1.33 bits per heavy atom. The van der Waals surface area contributed by atoms with Crippen LogP contribution in [0.5, 0.6) is 0 Å². The first kappa shape index (κ1) is 11.3. The lowest BCUT2D eigenvalue weighted by molar-refractivity contribution is 0.813. The Hall–Kier alpha value is -1.82. The Kier molecular flexibility index (Phi) is 2.59. The van der Waals surface area contributed by atoms with E-state index in [1.54, 1.807) is 0 Å². The summed E-state index contributed by atoms with van der Waals surface area (Å²) in [6.45, 7) is 6.22. The molecular formula is C12H13N5S. The number of hydrogen-bond acceptors (Lipinski definition) is 5. The molecule has 18 heavy (non-hydrogen) atoms. The summed E-state index contributed by atoms with van der Waals surface area (Å²) in [5.41, 5.74) is 3.78. The fraction of sp³-hybridized carbons (Fsp3) is 0.333. The molecule has 0 radical (unpaired) electrons. The summed E-state index contributed by atoms with van der Waals surface area (Å²) in [6.07, 6.45) is 1.82. The van der Waals surface area contributed by atoms with Crippen molar-refractivity contribution in [1.29, 1.82) is 0 Å². The SMILES string of the molecule is Cc1cnc2nc(-c3snnc3C(C)C)[nH]c2c1. The number of nitrogens with zero attached hydrogens (tertiary/aromatic N) is 4. The highest BCUT2D eigenvalue weighted by molar-refractivity contribution is 7.09. The zero-order valence-corrected chi connectivity index (χ0v) is 11.2. The maximum Gasteiger partial charge on any atom is 0.178 e. The number of imidazole rings is 1. The number of hydrogen-bond donors (Lipinski definition) is 1. The third kappa shape index (κ3) is 1.78. The second kappa shape index (κ2) is 4.13. The highest BCUT2D eigenvalue weighted by Crippen LogP contribution is 2.29. The molecule has 0 bridgehead atoms. The average molecular weight is 259 g/mol. The predicted octanol–water partition coefficient (Wildman–Crippen LogP) is 2.91. The van der Waals surface area contributed by atoms with Crippen molar-refractivity contribution < 1.29 is 0 Å². The van der Waals surface area contributed by atoms with Crippen LogP contribution >= 0.6 is 11.5 Å². The number of H-pyrrole nitrogens is 1. The predicted molar refractivity (Wildman–Crippen MR) is 71.6 cm³/mol. The molecule has 0 atom stereocenters. The number of aryl methyl sites for hydroxylation is 1. The minimum atomic E-state index is 0.335. The normalized spacial score (nSPS) is 11.6. The largest absolute Gasteiger partial charge is 0.336 e. The highest BCUT2D eigenvalue weighted by atomic mass is 32.1. The van der Waals surface area contributed by atoms with E-state index >= 15 is 0 Å².